The van der Waals surface area contributed by atoms with Crippen LogP contribution in [-0.4, -0.2) is 23.9 Å². The number of ether oxygens (including phenoxy) is 2. The molecule has 0 saturated heterocycles. The zero-order chi connectivity index (χ0) is 15.7. The molecule has 0 radical (unpaired) electrons. The Balaban J connectivity index is 4.55. The molecule has 0 heterocycles. The molecule has 0 aromatic carbocycles. The predicted molar refractivity (Wildman–Crippen MR) is 70.3 cm³/mol. The topological polar surface area (TPSA) is 86.7 Å². The van der Waals surface area contributed by atoms with E-state index in [0.29, 0.717) is 12.8 Å². The fourth-order valence-corrected chi connectivity index (χ4v) is 1.19. The zero-order valence-electron chi connectivity index (χ0n) is 12.0. The van der Waals surface area contributed by atoms with Gasteiger partial charge in [-0.15, -0.1) is 0 Å². The van der Waals surface area contributed by atoms with Gasteiger partial charge < -0.3 is 9.47 Å². The Bertz CT molecular complexity index is 426. The van der Waals surface area contributed by atoms with Gasteiger partial charge in [0.2, 0.25) is 0 Å². The molecule has 20 heavy (non-hydrogen) atoms. The molecule has 0 unspecified atom stereocenters. The Morgan fingerprint density at radius 3 is 1.25 bits per heavy atom. The van der Waals surface area contributed by atoms with Gasteiger partial charge in [-0.1, -0.05) is 26.0 Å². The fourth-order valence-electron chi connectivity index (χ4n) is 1.19. The molecule has 0 aromatic heterocycles. The molecule has 6 heteroatoms. The van der Waals surface area contributed by atoms with Crippen LogP contribution in [0.15, 0.2) is 23.3 Å². The highest BCUT2D eigenvalue weighted by Gasteiger charge is 2.25. The van der Waals surface area contributed by atoms with Crippen LogP contribution < -0.4 is 0 Å². The monoisotopic (exact) mass is 282 g/mol. The van der Waals surface area contributed by atoms with E-state index in [4.69, 9.17) is 0 Å². The number of carbonyl (C=O) groups excluding carboxylic acids is 4. The second kappa shape index (κ2) is 8.79. The van der Waals surface area contributed by atoms with E-state index in [1.807, 2.05) is 0 Å². The average Bonchev–Trinajstić information content (AvgIpc) is 2.38. The summed E-state index contributed by atoms with van der Waals surface area (Å²) in [5.41, 5.74) is 0.393. The van der Waals surface area contributed by atoms with E-state index in [1.165, 1.54) is 13.8 Å². The number of rotatable bonds is 4. The molecule has 0 aliphatic heterocycles. The first kappa shape index (κ1) is 17.8. The number of allylic oxidation sites excluding steroid dienone is 2. The van der Waals surface area contributed by atoms with Crippen LogP contribution in [0.5, 0.6) is 0 Å². The molecule has 0 fully saturated rings. The summed E-state index contributed by atoms with van der Waals surface area (Å²) in [4.78, 5) is 45.2. The standard InChI is InChI=1S/C14H18O6/c1-5-7-9(3)11(15)19-13(17)14(18)20-12(16)10(4)8-6-2/h7-8H,5-6H2,1-4H3/b9-7+,10-8+. The highest BCUT2D eigenvalue weighted by molar-refractivity contribution is 6.34. The van der Waals surface area contributed by atoms with Gasteiger partial charge in [0.1, 0.15) is 0 Å². The van der Waals surface area contributed by atoms with Crippen LogP contribution in [0.2, 0.25) is 0 Å². The van der Waals surface area contributed by atoms with Crippen molar-refractivity contribution in [3.8, 4) is 0 Å². The molecule has 0 aromatic rings. The molecule has 0 N–H and O–H groups in total. The van der Waals surface area contributed by atoms with Crippen molar-refractivity contribution in [3.63, 3.8) is 0 Å². The molecular formula is C14H18O6. The Morgan fingerprint density at radius 2 is 1.00 bits per heavy atom. The van der Waals surface area contributed by atoms with Crippen LogP contribution >= 0.6 is 0 Å². The number of hydrogen-bond acceptors (Lipinski definition) is 6. The van der Waals surface area contributed by atoms with Crippen molar-refractivity contribution < 1.29 is 28.7 Å². The minimum Gasteiger partial charge on any atom is -0.381 e. The maximum Gasteiger partial charge on any atom is 0.425 e. The third kappa shape index (κ3) is 6.08. The Kier molecular flexibility index (Phi) is 7.81. The summed E-state index contributed by atoms with van der Waals surface area (Å²) in [5, 5.41) is 0. The van der Waals surface area contributed by atoms with E-state index in [9.17, 15) is 19.2 Å². The van der Waals surface area contributed by atoms with Gasteiger partial charge in [0.25, 0.3) is 0 Å². The Hall–Kier alpha value is -2.24. The molecule has 0 saturated carbocycles. The first-order chi connectivity index (χ1) is 9.33. The number of esters is 4. The van der Waals surface area contributed by atoms with E-state index < -0.39 is 23.9 Å². The summed E-state index contributed by atoms with van der Waals surface area (Å²) in [6, 6.07) is 0. The van der Waals surface area contributed by atoms with E-state index in [2.05, 4.69) is 9.47 Å². The normalized spacial score (nSPS) is 11.8. The van der Waals surface area contributed by atoms with Crippen LogP contribution in [0.25, 0.3) is 0 Å². The zero-order valence-corrected chi connectivity index (χ0v) is 12.0. The largest absolute Gasteiger partial charge is 0.425 e. The molecule has 0 bridgehead atoms. The summed E-state index contributed by atoms with van der Waals surface area (Å²) < 4.78 is 8.55. The summed E-state index contributed by atoms with van der Waals surface area (Å²) >= 11 is 0. The van der Waals surface area contributed by atoms with Crippen LogP contribution in [0.3, 0.4) is 0 Å². The number of carbonyl (C=O) groups is 4. The molecule has 0 spiro atoms. The highest BCUT2D eigenvalue weighted by atomic mass is 16.6. The Labute approximate surface area is 117 Å². The minimum atomic E-state index is -1.52. The SMILES string of the molecule is CC/C=C(\C)C(=O)OC(=O)C(=O)OC(=O)/C(C)=C/CC. The smallest absolute Gasteiger partial charge is 0.381 e. The molecule has 0 atom stereocenters. The van der Waals surface area contributed by atoms with Crippen molar-refractivity contribution in [1.82, 2.24) is 0 Å². The lowest BCUT2D eigenvalue weighted by atomic mass is 10.2. The summed E-state index contributed by atoms with van der Waals surface area (Å²) in [7, 11) is 0. The minimum absolute atomic E-state index is 0.196. The van der Waals surface area contributed by atoms with Crippen LogP contribution in [-0.2, 0) is 28.7 Å². The highest BCUT2D eigenvalue weighted by Crippen LogP contribution is 2.02. The van der Waals surface area contributed by atoms with E-state index >= 15 is 0 Å². The van der Waals surface area contributed by atoms with E-state index in [0.717, 1.165) is 0 Å². The van der Waals surface area contributed by atoms with Crippen molar-refractivity contribution in [3.05, 3.63) is 23.3 Å². The molecule has 0 aliphatic carbocycles. The first-order valence-electron chi connectivity index (χ1n) is 6.19. The third-order valence-corrected chi connectivity index (χ3v) is 2.20. The lowest BCUT2D eigenvalue weighted by Gasteiger charge is -2.03. The Morgan fingerprint density at radius 1 is 0.700 bits per heavy atom. The predicted octanol–water partition coefficient (Wildman–Crippen LogP) is 1.84. The second-order valence-electron chi connectivity index (χ2n) is 3.94. The molecule has 0 amide bonds. The van der Waals surface area contributed by atoms with Crippen molar-refractivity contribution in [2.24, 2.45) is 0 Å². The molecular weight excluding hydrogens is 264 g/mol. The summed E-state index contributed by atoms with van der Waals surface area (Å²) in [6.45, 7) is 6.50. The molecule has 110 valence electrons. The van der Waals surface area contributed by atoms with Gasteiger partial charge in [-0.25, -0.2) is 19.2 Å². The van der Waals surface area contributed by atoms with Gasteiger partial charge in [0.05, 0.1) is 0 Å². The van der Waals surface area contributed by atoms with Crippen LogP contribution in [0.1, 0.15) is 40.5 Å². The fraction of sp³-hybridized carbons (Fsp3) is 0.429. The van der Waals surface area contributed by atoms with Crippen molar-refractivity contribution >= 4 is 23.9 Å². The molecule has 0 rings (SSSR count). The summed E-state index contributed by atoms with van der Waals surface area (Å²) in [6.07, 6.45) is 4.25. The molecule has 0 aliphatic rings. The first-order valence-corrected chi connectivity index (χ1v) is 6.19. The maximum atomic E-state index is 11.4. The van der Waals surface area contributed by atoms with Crippen molar-refractivity contribution in [2.75, 3.05) is 0 Å². The van der Waals surface area contributed by atoms with Crippen molar-refractivity contribution in [2.45, 2.75) is 40.5 Å². The molecule has 6 nitrogen and oxygen atoms in total. The van der Waals surface area contributed by atoms with Gasteiger partial charge in [-0.3, -0.25) is 0 Å². The lowest BCUT2D eigenvalue weighted by Crippen LogP contribution is -2.26. The quantitative estimate of drug-likeness (QED) is 0.338. The van der Waals surface area contributed by atoms with Crippen LogP contribution in [0.4, 0.5) is 0 Å². The summed E-state index contributed by atoms with van der Waals surface area (Å²) in [5.74, 6) is -4.92. The lowest BCUT2D eigenvalue weighted by molar-refractivity contribution is -0.175. The average molecular weight is 282 g/mol. The van der Waals surface area contributed by atoms with Gasteiger partial charge in [-0.2, -0.15) is 0 Å². The van der Waals surface area contributed by atoms with Gasteiger partial charge >= 0.3 is 23.9 Å². The van der Waals surface area contributed by atoms with E-state index in [-0.39, 0.29) is 11.1 Å². The number of hydrogen-bond donors (Lipinski definition) is 0. The van der Waals surface area contributed by atoms with Crippen molar-refractivity contribution in [1.29, 1.82) is 0 Å². The van der Waals surface area contributed by atoms with Gasteiger partial charge in [0, 0.05) is 11.1 Å². The van der Waals surface area contributed by atoms with Gasteiger partial charge in [0.15, 0.2) is 0 Å². The van der Waals surface area contributed by atoms with Crippen LogP contribution in [0, 0.1) is 0 Å². The van der Waals surface area contributed by atoms with Gasteiger partial charge in [-0.05, 0) is 26.7 Å². The van der Waals surface area contributed by atoms with E-state index in [1.54, 1.807) is 26.0 Å². The maximum absolute atomic E-state index is 11.4. The second-order valence-corrected chi connectivity index (χ2v) is 3.94. The third-order valence-electron chi connectivity index (χ3n) is 2.20.